The van der Waals surface area contributed by atoms with Crippen LogP contribution in [0.1, 0.15) is 10.4 Å². The van der Waals surface area contributed by atoms with Crippen molar-refractivity contribution in [2.24, 2.45) is 0 Å². The maximum Gasteiger partial charge on any atom is 0.183 e. The van der Waals surface area contributed by atoms with E-state index in [1.54, 1.807) is 6.20 Å². The smallest absolute Gasteiger partial charge is 0.183 e. The molecule has 18 heavy (non-hydrogen) atoms. The van der Waals surface area contributed by atoms with E-state index in [0.717, 1.165) is 17.0 Å². The van der Waals surface area contributed by atoms with Gasteiger partial charge in [0.2, 0.25) is 0 Å². The molecule has 0 saturated carbocycles. The molecule has 1 heterocycles. The maximum absolute atomic E-state index is 13.3. The number of benzene rings is 1. The van der Waals surface area contributed by atoms with E-state index in [4.69, 9.17) is 16.9 Å². The van der Waals surface area contributed by atoms with Gasteiger partial charge in [-0.1, -0.05) is 11.6 Å². The molecule has 0 saturated heterocycles. The number of hydrogen-bond donors (Lipinski definition) is 1. The Balaban J connectivity index is 2.13. The van der Waals surface area contributed by atoms with Crippen molar-refractivity contribution in [3.63, 3.8) is 0 Å². The molecule has 0 aliphatic rings. The molecule has 0 fully saturated rings. The third-order valence-corrected chi connectivity index (χ3v) is 3.26. The van der Waals surface area contributed by atoms with Crippen LogP contribution in [-0.2, 0) is 6.54 Å². The summed E-state index contributed by atoms with van der Waals surface area (Å²) in [6.45, 7) is 0.356. The summed E-state index contributed by atoms with van der Waals surface area (Å²) in [7, 11) is 0. The Labute approximate surface area is 111 Å². The molecule has 0 atom stereocenters. The van der Waals surface area contributed by atoms with Gasteiger partial charge in [-0.05, 0) is 12.1 Å². The van der Waals surface area contributed by atoms with E-state index < -0.39 is 17.2 Å². The summed E-state index contributed by atoms with van der Waals surface area (Å²) >= 11 is 6.93. The average Bonchev–Trinajstić information content (AvgIpc) is 2.72. The highest BCUT2D eigenvalue weighted by atomic mass is 35.5. The van der Waals surface area contributed by atoms with E-state index in [-0.39, 0.29) is 5.69 Å². The normalized spacial score (nSPS) is 10.1. The van der Waals surface area contributed by atoms with Crippen molar-refractivity contribution in [3.05, 3.63) is 44.9 Å². The molecule has 3 nitrogen and oxygen atoms in total. The van der Waals surface area contributed by atoms with Gasteiger partial charge in [-0.2, -0.15) is 5.26 Å². The number of halogens is 3. The Bertz CT molecular complexity index is 598. The predicted octanol–water partition coefficient (Wildman–Crippen LogP) is 3.56. The number of hydrogen-bond acceptors (Lipinski definition) is 4. The third kappa shape index (κ3) is 2.75. The molecule has 2 rings (SSSR count). The predicted molar refractivity (Wildman–Crippen MR) is 65.5 cm³/mol. The SMILES string of the molecule is N#Cc1c(F)cc(NCc2cnc(Cl)s2)cc1F. The number of nitriles is 1. The molecule has 0 unspecified atom stereocenters. The Morgan fingerprint density at radius 1 is 1.39 bits per heavy atom. The topological polar surface area (TPSA) is 48.7 Å². The highest BCUT2D eigenvalue weighted by Gasteiger charge is 2.10. The monoisotopic (exact) mass is 285 g/mol. The standard InChI is InChI=1S/C11H6ClF2N3S/c12-11-17-5-7(18-11)4-16-6-1-9(13)8(3-15)10(14)2-6/h1-2,5,16H,4H2. The average molecular weight is 286 g/mol. The van der Waals surface area contributed by atoms with Gasteiger partial charge in [-0.15, -0.1) is 11.3 Å². The molecule has 0 aliphatic heterocycles. The Hall–Kier alpha value is -1.71. The largest absolute Gasteiger partial charge is 0.380 e. The van der Waals surface area contributed by atoms with Gasteiger partial charge in [0.15, 0.2) is 4.47 Å². The summed E-state index contributed by atoms with van der Waals surface area (Å²) in [4.78, 5) is 4.68. The quantitative estimate of drug-likeness (QED) is 0.938. The summed E-state index contributed by atoms with van der Waals surface area (Å²) in [5, 5.41) is 11.4. The van der Waals surface area contributed by atoms with Crippen LogP contribution in [-0.4, -0.2) is 4.98 Å². The molecule has 92 valence electrons. The van der Waals surface area contributed by atoms with Gasteiger partial charge in [0.1, 0.15) is 23.3 Å². The van der Waals surface area contributed by atoms with Gasteiger partial charge in [0, 0.05) is 16.8 Å². The van der Waals surface area contributed by atoms with E-state index >= 15 is 0 Å². The first-order valence-electron chi connectivity index (χ1n) is 4.83. The zero-order valence-electron chi connectivity index (χ0n) is 8.88. The fourth-order valence-corrected chi connectivity index (χ4v) is 2.25. The van der Waals surface area contributed by atoms with Crippen molar-refractivity contribution in [3.8, 4) is 6.07 Å². The lowest BCUT2D eigenvalue weighted by Gasteiger charge is -2.06. The van der Waals surface area contributed by atoms with Gasteiger partial charge < -0.3 is 5.32 Å². The zero-order chi connectivity index (χ0) is 13.1. The van der Waals surface area contributed by atoms with Crippen molar-refractivity contribution >= 4 is 28.6 Å². The number of nitrogens with zero attached hydrogens (tertiary/aromatic N) is 2. The van der Waals surface area contributed by atoms with Crippen LogP contribution in [0.2, 0.25) is 4.47 Å². The Kier molecular flexibility index (Phi) is 3.75. The second-order valence-electron chi connectivity index (χ2n) is 3.36. The highest BCUT2D eigenvalue weighted by Crippen LogP contribution is 2.21. The number of anilines is 1. The van der Waals surface area contributed by atoms with Crippen LogP contribution in [0.4, 0.5) is 14.5 Å². The van der Waals surface area contributed by atoms with Crippen molar-refractivity contribution in [2.75, 3.05) is 5.32 Å². The van der Waals surface area contributed by atoms with Crippen LogP contribution in [0.25, 0.3) is 0 Å². The summed E-state index contributed by atoms with van der Waals surface area (Å²) in [5.41, 5.74) is -0.324. The van der Waals surface area contributed by atoms with Crippen molar-refractivity contribution in [1.82, 2.24) is 4.98 Å². The van der Waals surface area contributed by atoms with Gasteiger partial charge in [0.25, 0.3) is 0 Å². The summed E-state index contributed by atoms with van der Waals surface area (Å²) in [5.74, 6) is -1.77. The van der Waals surface area contributed by atoms with Crippen molar-refractivity contribution < 1.29 is 8.78 Å². The number of nitrogens with one attached hydrogen (secondary N) is 1. The molecule has 0 spiro atoms. The van der Waals surface area contributed by atoms with Gasteiger partial charge >= 0.3 is 0 Å². The third-order valence-electron chi connectivity index (χ3n) is 2.15. The number of thiazole rings is 1. The minimum Gasteiger partial charge on any atom is -0.380 e. The zero-order valence-corrected chi connectivity index (χ0v) is 10.4. The Morgan fingerprint density at radius 2 is 2.06 bits per heavy atom. The molecule has 2 aromatic rings. The van der Waals surface area contributed by atoms with Crippen molar-refractivity contribution in [2.45, 2.75) is 6.54 Å². The lowest BCUT2D eigenvalue weighted by Crippen LogP contribution is -2.00. The van der Waals surface area contributed by atoms with Crippen LogP contribution in [0.3, 0.4) is 0 Å². The summed E-state index contributed by atoms with van der Waals surface area (Å²) < 4.78 is 27.0. The van der Waals surface area contributed by atoms with Gasteiger partial charge in [-0.3, -0.25) is 0 Å². The van der Waals surface area contributed by atoms with Crippen molar-refractivity contribution in [1.29, 1.82) is 5.26 Å². The van der Waals surface area contributed by atoms with E-state index in [1.807, 2.05) is 0 Å². The second kappa shape index (κ2) is 5.29. The van der Waals surface area contributed by atoms with Crippen LogP contribution in [0.5, 0.6) is 0 Å². The fourth-order valence-electron chi connectivity index (χ4n) is 1.34. The minimum absolute atomic E-state index is 0.258. The maximum atomic E-state index is 13.3. The molecular formula is C11H6ClF2N3S. The molecule has 0 radical (unpaired) electrons. The first-order chi connectivity index (χ1) is 8.60. The molecule has 1 N–H and O–H groups in total. The molecule has 7 heteroatoms. The fraction of sp³-hybridized carbons (Fsp3) is 0.0909. The number of rotatable bonds is 3. The van der Waals surface area contributed by atoms with Gasteiger partial charge in [-0.25, -0.2) is 13.8 Å². The van der Waals surface area contributed by atoms with Crippen LogP contribution in [0.15, 0.2) is 18.3 Å². The molecule has 0 amide bonds. The van der Waals surface area contributed by atoms with E-state index in [9.17, 15) is 8.78 Å². The summed E-state index contributed by atoms with van der Waals surface area (Å²) in [6, 6.07) is 3.61. The highest BCUT2D eigenvalue weighted by molar-refractivity contribution is 7.15. The minimum atomic E-state index is -0.887. The summed E-state index contributed by atoms with van der Waals surface area (Å²) in [6.07, 6.45) is 1.58. The van der Waals surface area contributed by atoms with E-state index in [1.165, 1.54) is 17.4 Å². The first kappa shape index (κ1) is 12.7. The molecule has 1 aromatic heterocycles. The van der Waals surface area contributed by atoms with Crippen LogP contribution >= 0.6 is 22.9 Å². The molecular weight excluding hydrogens is 280 g/mol. The van der Waals surface area contributed by atoms with E-state index in [2.05, 4.69) is 10.3 Å². The van der Waals surface area contributed by atoms with E-state index in [0.29, 0.717) is 11.0 Å². The van der Waals surface area contributed by atoms with Gasteiger partial charge in [0.05, 0.1) is 6.54 Å². The lowest BCUT2D eigenvalue weighted by molar-refractivity contribution is 0.577. The second-order valence-corrected chi connectivity index (χ2v) is 5.06. The lowest BCUT2D eigenvalue weighted by atomic mass is 10.2. The Morgan fingerprint density at radius 3 is 2.56 bits per heavy atom. The first-order valence-corrected chi connectivity index (χ1v) is 6.03. The molecule has 1 aromatic carbocycles. The van der Waals surface area contributed by atoms with Crippen LogP contribution < -0.4 is 5.32 Å². The molecule has 0 aliphatic carbocycles. The molecule has 0 bridgehead atoms. The number of aromatic nitrogens is 1. The van der Waals surface area contributed by atoms with Crippen LogP contribution in [0, 0.1) is 23.0 Å².